The van der Waals surface area contributed by atoms with Crippen LogP contribution in [-0.4, -0.2) is 43.3 Å². The van der Waals surface area contributed by atoms with Crippen molar-refractivity contribution in [3.63, 3.8) is 0 Å². The van der Waals surface area contributed by atoms with Crippen LogP contribution in [0.5, 0.6) is 0 Å². The highest BCUT2D eigenvalue weighted by molar-refractivity contribution is 4.98. The summed E-state index contributed by atoms with van der Waals surface area (Å²) in [6.45, 7) is 5.23. The third-order valence-corrected chi connectivity index (χ3v) is 3.27. The number of ether oxygens (including phenoxy) is 2. The van der Waals surface area contributed by atoms with Crippen LogP contribution in [0.2, 0.25) is 0 Å². The average molecular weight is 253 g/mol. The van der Waals surface area contributed by atoms with Gasteiger partial charge in [-0.3, -0.25) is 4.68 Å². The van der Waals surface area contributed by atoms with Crippen LogP contribution in [0.25, 0.3) is 0 Å². The van der Waals surface area contributed by atoms with Crippen LogP contribution in [0, 0.1) is 5.92 Å². The molecule has 1 saturated heterocycles. The standard InChI is InChI=1S/C13H23N3O2/c1-17-9-5-14-10-13-2-6-16(15-13)11-12-3-7-18-8-4-12/h2,6,12,14H,3-5,7-11H2,1H3. The second-order valence-corrected chi connectivity index (χ2v) is 4.75. The molecule has 0 spiro atoms. The Morgan fingerprint density at radius 1 is 1.50 bits per heavy atom. The van der Waals surface area contributed by atoms with Crippen molar-refractivity contribution < 1.29 is 9.47 Å². The molecule has 2 rings (SSSR count). The smallest absolute Gasteiger partial charge is 0.0762 e. The largest absolute Gasteiger partial charge is 0.383 e. The van der Waals surface area contributed by atoms with Crippen molar-refractivity contribution in [2.75, 3.05) is 33.5 Å². The van der Waals surface area contributed by atoms with Gasteiger partial charge in [-0.1, -0.05) is 0 Å². The Morgan fingerprint density at radius 3 is 3.11 bits per heavy atom. The van der Waals surface area contributed by atoms with E-state index in [0.29, 0.717) is 5.92 Å². The molecule has 1 fully saturated rings. The number of nitrogens with zero attached hydrogens (tertiary/aromatic N) is 2. The van der Waals surface area contributed by atoms with Gasteiger partial charge in [0, 0.05) is 46.2 Å². The van der Waals surface area contributed by atoms with Gasteiger partial charge >= 0.3 is 0 Å². The molecule has 0 aromatic carbocycles. The normalized spacial score (nSPS) is 17.2. The summed E-state index contributed by atoms with van der Waals surface area (Å²) in [7, 11) is 1.71. The number of rotatable bonds is 7. The number of methoxy groups -OCH3 is 1. The van der Waals surface area contributed by atoms with Crippen molar-refractivity contribution in [1.82, 2.24) is 15.1 Å². The Labute approximate surface area is 108 Å². The molecule has 1 aromatic rings. The Morgan fingerprint density at radius 2 is 2.33 bits per heavy atom. The summed E-state index contributed by atoms with van der Waals surface area (Å²) in [5.74, 6) is 0.716. The third kappa shape index (κ3) is 4.40. The Balaban J connectivity index is 1.71. The molecule has 1 aromatic heterocycles. The zero-order valence-corrected chi connectivity index (χ0v) is 11.1. The topological polar surface area (TPSA) is 48.3 Å². The average Bonchev–Trinajstić information content (AvgIpc) is 2.84. The van der Waals surface area contributed by atoms with Gasteiger partial charge in [-0.15, -0.1) is 0 Å². The molecule has 18 heavy (non-hydrogen) atoms. The maximum atomic E-state index is 5.37. The van der Waals surface area contributed by atoms with Gasteiger partial charge in [0.15, 0.2) is 0 Å². The molecule has 0 bridgehead atoms. The minimum Gasteiger partial charge on any atom is -0.383 e. The summed E-state index contributed by atoms with van der Waals surface area (Å²) < 4.78 is 12.4. The molecule has 5 nitrogen and oxygen atoms in total. The lowest BCUT2D eigenvalue weighted by molar-refractivity contribution is 0.0601. The van der Waals surface area contributed by atoms with E-state index < -0.39 is 0 Å². The fourth-order valence-electron chi connectivity index (χ4n) is 2.18. The van der Waals surface area contributed by atoms with Crippen LogP contribution in [0.15, 0.2) is 12.3 Å². The van der Waals surface area contributed by atoms with E-state index in [2.05, 4.69) is 27.4 Å². The first-order chi connectivity index (χ1) is 8.88. The first kappa shape index (κ1) is 13.5. The third-order valence-electron chi connectivity index (χ3n) is 3.27. The number of hydrogen-bond donors (Lipinski definition) is 1. The summed E-state index contributed by atoms with van der Waals surface area (Å²) in [5.41, 5.74) is 1.10. The van der Waals surface area contributed by atoms with E-state index in [4.69, 9.17) is 9.47 Å². The van der Waals surface area contributed by atoms with E-state index in [0.717, 1.165) is 58.0 Å². The molecular formula is C13H23N3O2. The molecule has 5 heteroatoms. The van der Waals surface area contributed by atoms with Crippen LogP contribution >= 0.6 is 0 Å². The minimum atomic E-state index is 0.716. The maximum absolute atomic E-state index is 5.37. The molecular weight excluding hydrogens is 230 g/mol. The van der Waals surface area contributed by atoms with E-state index >= 15 is 0 Å². The van der Waals surface area contributed by atoms with E-state index in [1.165, 1.54) is 0 Å². The van der Waals surface area contributed by atoms with Gasteiger partial charge in [-0.05, 0) is 24.8 Å². The monoisotopic (exact) mass is 253 g/mol. The first-order valence-electron chi connectivity index (χ1n) is 6.68. The van der Waals surface area contributed by atoms with E-state index in [1.54, 1.807) is 7.11 Å². The van der Waals surface area contributed by atoms with Crippen LogP contribution in [-0.2, 0) is 22.6 Å². The van der Waals surface area contributed by atoms with Crippen LogP contribution in [0.4, 0.5) is 0 Å². The summed E-state index contributed by atoms with van der Waals surface area (Å²) in [6, 6.07) is 2.08. The van der Waals surface area contributed by atoms with Gasteiger partial charge in [0.05, 0.1) is 12.3 Å². The summed E-state index contributed by atoms with van der Waals surface area (Å²) >= 11 is 0. The Hall–Kier alpha value is -0.910. The van der Waals surface area contributed by atoms with Crippen molar-refractivity contribution in [3.05, 3.63) is 18.0 Å². The number of aromatic nitrogens is 2. The molecule has 2 heterocycles. The van der Waals surface area contributed by atoms with Crippen molar-refractivity contribution in [2.45, 2.75) is 25.9 Å². The van der Waals surface area contributed by atoms with Crippen molar-refractivity contribution >= 4 is 0 Å². The summed E-state index contributed by atoms with van der Waals surface area (Å²) in [6.07, 6.45) is 4.38. The van der Waals surface area contributed by atoms with E-state index in [9.17, 15) is 0 Å². The number of nitrogens with one attached hydrogen (secondary N) is 1. The van der Waals surface area contributed by atoms with Crippen LogP contribution in [0.1, 0.15) is 18.5 Å². The van der Waals surface area contributed by atoms with Crippen molar-refractivity contribution in [2.24, 2.45) is 5.92 Å². The lowest BCUT2D eigenvalue weighted by Gasteiger charge is -2.21. The zero-order valence-electron chi connectivity index (χ0n) is 11.1. The molecule has 1 N–H and O–H groups in total. The van der Waals surface area contributed by atoms with Gasteiger partial charge in [0.2, 0.25) is 0 Å². The summed E-state index contributed by atoms with van der Waals surface area (Å²) in [5, 5.41) is 7.87. The number of hydrogen-bond acceptors (Lipinski definition) is 4. The lowest BCUT2D eigenvalue weighted by Crippen LogP contribution is -2.21. The predicted molar refractivity (Wildman–Crippen MR) is 69.4 cm³/mol. The molecule has 102 valence electrons. The quantitative estimate of drug-likeness (QED) is 0.738. The maximum Gasteiger partial charge on any atom is 0.0762 e. The lowest BCUT2D eigenvalue weighted by atomic mass is 10.0. The fourth-order valence-corrected chi connectivity index (χ4v) is 2.18. The molecule has 1 aliphatic heterocycles. The van der Waals surface area contributed by atoms with Gasteiger partial charge < -0.3 is 14.8 Å². The van der Waals surface area contributed by atoms with E-state index in [1.807, 2.05) is 0 Å². The minimum absolute atomic E-state index is 0.716. The summed E-state index contributed by atoms with van der Waals surface area (Å²) in [4.78, 5) is 0. The highest BCUT2D eigenvalue weighted by atomic mass is 16.5. The van der Waals surface area contributed by atoms with Gasteiger partial charge in [0.1, 0.15) is 0 Å². The van der Waals surface area contributed by atoms with Gasteiger partial charge in [-0.2, -0.15) is 5.10 Å². The molecule has 0 saturated carbocycles. The molecule has 0 radical (unpaired) electrons. The highest BCUT2D eigenvalue weighted by Crippen LogP contribution is 2.16. The van der Waals surface area contributed by atoms with Crippen LogP contribution in [0.3, 0.4) is 0 Å². The van der Waals surface area contributed by atoms with E-state index in [-0.39, 0.29) is 0 Å². The molecule has 0 atom stereocenters. The molecule has 1 aliphatic rings. The molecule has 0 unspecified atom stereocenters. The van der Waals surface area contributed by atoms with Crippen molar-refractivity contribution in [1.29, 1.82) is 0 Å². The zero-order chi connectivity index (χ0) is 12.6. The molecule has 0 amide bonds. The van der Waals surface area contributed by atoms with Crippen molar-refractivity contribution in [3.8, 4) is 0 Å². The SMILES string of the molecule is COCCNCc1ccn(CC2CCOCC2)n1. The predicted octanol–water partition coefficient (Wildman–Crippen LogP) is 1.05. The second kappa shape index (κ2) is 7.51. The van der Waals surface area contributed by atoms with Crippen LogP contribution < -0.4 is 5.32 Å². The Kier molecular flexibility index (Phi) is 5.64. The van der Waals surface area contributed by atoms with Gasteiger partial charge in [-0.25, -0.2) is 0 Å². The highest BCUT2D eigenvalue weighted by Gasteiger charge is 2.14. The Bertz CT molecular complexity index is 335. The first-order valence-corrected chi connectivity index (χ1v) is 6.68. The van der Waals surface area contributed by atoms with Gasteiger partial charge in [0.25, 0.3) is 0 Å². The fraction of sp³-hybridized carbons (Fsp3) is 0.769. The second-order valence-electron chi connectivity index (χ2n) is 4.75. The molecule has 0 aliphatic carbocycles.